The first-order chi connectivity index (χ1) is 20.7. The van der Waals surface area contributed by atoms with E-state index in [0.29, 0.717) is 22.6 Å². The van der Waals surface area contributed by atoms with Crippen molar-refractivity contribution in [1.29, 1.82) is 0 Å². The van der Waals surface area contributed by atoms with Crippen LogP contribution in [0.25, 0.3) is 0 Å². The number of carbonyl (C=O) groups excluding carboxylic acids is 4. The third kappa shape index (κ3) is 7.37. The number of ether oxygens (including phenoxy) is 5. The van der Waals surface area contributed by atoms with Gasteiger partial charge in [0.05, 0.1) is 6.61 Å². The highest BCUT2D eigenvalue weighted by molar-refractivity contribution is 5.77. The van der Waals surface area contributed by atoms with Gasteiger partial charge in [0, 0.05) is 63.3 Å². The number of carbonyl (C=O) groups is 3. The van der Waals surface area contributed by atoms with Gasteiger partial charge in [0.15, 0.2) is 6.23 Å². The van der Waals surface area contributed by atoms with E-state index in [1.807, 2.05) is 37.3 Å². The van der Waals surface area contributed by atoms with Gasteiger partial charge < -0.3 is 28.6 Å². The molecule has 0 radical (unpaired) electrons. The van der Waals surface area contributed by atoms with Crippen molar-refractivity contribution in [3.63, 3.8) is 0 Å². The van der Waals surface area contributed by atoms with Crippen molar-refractivity contribution >= 4 is 23.8 Å². The highest BCUT2D eigenvalue weighted by Gasteiger charge is 2.44. The Morgan fingerprint density at radius 3 is 2.02 bits per heavy atom. The second-order valence-corrected chi connectivity index (χ2v) is 9.84. The average Bonchev–Trinajstić information content (AvgIpc) is 2.97. The molecule has 0 spiro atoms. The third-order valence-corrected chi connectivity index (χ3v) is 6.85. The molecule has 0 fully saturated rings. The highest BCUT2D eigenvalue weighted by atomic mass is 16.5. The van der Waals surface area contributed by atoms with Crippen LogP contribution < -0.4 is 14.2 Å². The van der Waals surface area contributed by atoms with Crippen molar-refractivity contribution in [1.82, 2.24) is 4.90 Å². The van der Waals surface area contributed by atoms with Crippen LogP contribution in [-0.2, 0) is 40.9 Å². The molecule has 43 heavy (non-hydrogen) atoms. The van der Waals surface area contributed by atoms with Gasteiger partial charge >= 0.3 is 11.9 Å². The molecule has 10 nitrogen and oxygen atoms in total. The van der Waals surface area contributed by atoms with Gasteiger partial charge in [-0.25, -0.2) is 4.79 Å². The molecule has 1 atom stereocenters. The van der Waals surface area contributed by atoms with Crippen LogP contribution in [0.1, 0.15) is 50.3 Å². The average molecular weight is 588 g/mol. The van der Waals surface area contributed by atoms with Gasteiger partial charge in [-0.15, -0.1) is 0 Å². The maximum Gasteiger partial charge on any atom is 0.308 e. The predicted octanol–water partition coefficient (Wildman–Crippen LogP) is 5.09. The molecule has 0 saturated carbocycles. The van der Waals surface area contributed by atoms with Crippen molar-refractivity contribution in [3.8, 4) is 23.0 Å². The van der Waals surface area contributed by atoms with E-state index in [1.54, 1.807) is 49.4 Å². The molecule has 3 aromatic rings. The zero-order valence-electron chi connectivity index (χ0n) is 24.5. The number of fused-ring (bicyclic) bond motifs is 2. The summed E-state index contributed by atoms with van der Waals surface area (Å²) in [7, 11) is 1.56. The number of nitrogens with zero attached hydrogens (tertiary/aromatic N) is 1. The Kier molecular flexibility index (Phi) is 10.1. The Balaban J connectivity index is 1.66. The van der Waals surface area contributed by atoms with E-state index in [4.69, 9.17) is 23.7 Å². The molecule has 1 amide bonds. The number of esters is 2. The molecule has 1 unspecified atom stereocenters. The van der Waals surface area contributed by atoms with Crippen molar-refractivity contribution in [2.75, 3.05) is 13.7 Å². The molecule has 0 bridgehead atoms. The number of hydrogen-bond acceptors (Lipinski definition) is 9. The largest absolute Gasteiger partial charge is 0.456 e. The summed E-state index contributed by atoms with van der Waals surface area (Å²) < 4.78 is 29.0. The summed E-state index contributed by atoms with van der Waals surface area (Å²) in [5, 5.41) is 0. The second-order valence-electron chi connectivity index (χ2n) is 9.84. The number of amides is 1. The topological polar surface area (TPSA) is 118 Å². The summed E-state index contributed by atoms with van der Waals surface area (Å²) in [5.74, 6) is 1.69. The number of rotatable bonds is 12. The minimum atomic E-state index is -1.15. The molecular formula is C33H33NO9. The molecule has 0 aromatic heterocycles. The first kappa shape index (κ1) is 31.2. The first-order valence-electron chi connectivity index (χ1n) is 13.8. The minimum Gasteiger partial charge on any atom is -0.456 e. The molecular weight excluding hydrogens is 554 g/mol. The summed E-state index contributed by atoms with van der Waals surface area (Å²) in [6.07, 6.45) is 0.416. The van der Waals surface area contributed by atoms with Gasteiger partial charge in [0.1, 0.15) is 34.5 Å². The lowest BCUT2D eigenvalue weighted by atomic mass is 9.79. The molecule has 0 aliphatic carbocycles. The zero-order chi connectivity index (χ0) is 31.0. The lowest BCUT2D eigenvalue weighted by molar-refractivity contribution is -0.142. The van der Waals surface area contributed by atoms with Gasteiger partial charge in [0.2, 0.25) is 5.91 Å². The molecule has 1 heterocycles. The van der Waals surface area contributed by atoms with Crippen LogP contribution in [0, 0.1) is 0 Å². The van der Waals surface area contributed by atoms with Crippen LogP contribution in [0.15, 0.2) is 72.8 Å². The maximum atomic E-state index is 13.5. The van der Waals surface area contributed by atoms with Gasteiger partial charge in [-0.3, -0.25) is 14.4 Å². The van der Waals surface area contributed by atoms with E-state index in [2.05, 4.69) is 0 Å². The molecule has 3 aromatic carbocycles. The number of likely N-dealkylation sites (N-methyl/N-ethyl adjacent to an activating group) is 1. The van der Waals surface area contributed by atoms with Crippen LogP contribution in [0.3, 0.4) is 0 Å². The van der Waals surface area contributed by atoms with E-state index in [1.165, 1.54) is 18.7 Å². The van der Waals surface area contributed by atoms with E-state index in [-0.39, 0.29) is 43.5 Å². The van der Waals surface area contributed by atoms with Crippen molar-refractivity contribution in [2.24, 2.45) is 0 Å². The Bertz CT molecular complexity index is 1460. The summed E-state index contributed by atoms with van der Waals surface area (Å²) in [6.45, 7) is 4.91. The highest BCUT2D eigenvalue weighted by Crippen LogP contribution is 2.53. The summed E-state index contributed by atoms with van der Waals surface area (Å²) in [4.78, 5) is 49.4. The maximum absolute atomic E-state index is 13.5. The van der Waals surface area contributed by atoms with E-state index in [0.717, 1.165) is 11.6 Å². The Hall–Kier alpha value is -4.76. The van der Waals surface area contributed by atoms with Crippen molar-refractivity contribution < 1.29 is 42.9 Å². The van der Waals surface area contributed by atoms with E-state index < -0.39 is 23.8 Å². The Morgan fingerprint density at radius 1 is 0.930 bits per heavy atom. The van der Waals surface area contributed by atoms with Crippen LogP contribution in [0.4, 0.5) is 0 Å². The summed E-state index contributed by atoms with van der Waals surface area (Å²) in [6, 6.07) is 19.3. The van der Waals surface area contributed by atoms with Crippen LogP contribution in [-0.4, -0.2) is 48.6 Å². The molecule has 1 aliphatic heterocycles. The Labute approximate surface area is 249 Å². The molecule has 224 valence electrons. The normalized spacial score (nSPS) is 13.3. The first-order valence-corrected chi connectivity index (χ1v) is 13.8. The SMILES string of the molecule is CCOC1(CCC(=O)N(C)C(C=C=O)OCc2ccccc2)c2ccc(OC(C)=O)cc2Oc2cc(OC(C)=O)ccc21. The lowest BCUT2D eigenvalue weighted by Gasteiger charge is -2.40. The van der Waals surface area contributed by atoms with E-state index in [9.17, 15) is 19.2 Å². The quantitative estimate of drug-likeness (QED) is 0.124. The Morgan fingerprint density at radius 2 is 1.51 bits per heavy atom. The van der Waals surface area contributed by atoms with Gasteiger partial charge in [-0.05, 0) is 43.2 Å². The molecule has 4 rings (SSSR count). The van der Waals surface area contributed by atoms with Crippen LogP contribution >= 0.6 is 0 Å². The fraction of sp³-hybridized carbons (Fsp3) is 0.303. The zero-order valence-corrected chi connectivity index (χ0v) is 24.5. The molecule has 1 aliphatic rings. The molecule has 10 heteroatoms. The minimum absolute atomic E-state index is 0.00463. The van der Waals surface area contributed by atoms with Gasteiger partial charge in [-0.2, -0.15) is 0 Å². The van der Waals surface area contributed by atoms with Gasteiger partial charge in [0.25, 0.3) is 0 Å². The van der Waals surface area contributed by atoms with Crippen molar-refractivity contribution in [2.45, 2.75) is 52.0 Å². The molecule has 0 saturated heterocycles. The van der Waals surface area contributed by atoms with Crippen molar-refractivity contribution in [3.05, 3.63) is 89.5 Å². The third-order valence-electron chi connectivity index (χ3n) is 6.85. The lowest BCUT2D eigenvalue weighted by Crippen LogP contribution is -2.40. The predicted molar refractivity (Wildman–Crippen MR) is 155 cm³/mol. The fourth-order valence-corrected chi connectivity index (χ4v) is 4.99. The van der Waals surface area contributed by atoms with E-state index >= 15 is 0 Å². The monoisotopic (exact) mass is 587 g/mol. The second kappa shape index (κ2) is 13.9. The standard InChI is InChI=1S/C33H33NO9/c1-5-40-33(17-15-31(38)34(4)32(16-18-35)39-21-24-9-7-6-8-10-24)27-13-11-25(41-22(2)36)19-29(27)43-30-20-26(42-23(3)37)12-14-28(30)33/h6-14,16,19-20,32H,5,15,17,21H2,1-4H3. The summed E-state index contributed by atoms with van der Waals surface area (Å²) in [5.41, 5.74) is 0.981. The summed E-state index contributed by atoms with van der Waals surface area (Å²) >= 11 is 0. The smallest absolute Gasteiger partial charge is 0.308 e. The fourth-order valence-electron chi connectivity index (χ4n) is 4.99. The molecule has 0 N–H and O–H groups in total. The van der Waals surface area contributed by atoms with Gasteiger partial charge in [-0.1, -0.05) is 30.3 Å². The van der Waals surface area contributed by atoms with Crippen LogP contribution in [0.2, 0.25) is 0 Å². The van der Waals surface area contributed by atoms with Crippen LogP contribution in [0.5, 0.6) is 23.0 Å². The number of benzene rings is 3. The number of hydrogen-bond donors (Lipinski definition) is 0.